The molecule has 3 heterocycles. The third-order valence-corrected chi connectivity index (χ3v) is 6.66. The molecule has 2 N–H and O–H groups in total. The first-order chi connectivity index (χ1) is 13.9. The first kappa shape index (κ1) is 19.4. The standard InChI is InChI=1S/C18H22N6O4S/c1-3-19-17-20-12(2)10-16(22-17)23-6-8-24(9-7-23)29(26,27)13-4-5-15-14(11-13)21-18(25)28-15/h4-5,10-11H,3,6-9H2,1-2H3,(H,21,25)(H,19,20,22). The SMILES string of the molecule is CCNc1nc(C)cc(N2CCN(S(=O)(=O)c3ccc4oc(=O)[nH]c4c3)CC2)n1. The summed E-state index contributed by atoms with van der Waals surface area (Å²) in [7, 11) is -3.68. The van der Waals surface area contributed by atoms with Crippen LogP contribution in [0.1, 0.15) is 12.6 Å². The third kappa shape index (κ3) is 3.83. The van der Waals surface area contributed by atoms with Gasteiger partial charge in [-0.25, -0.2) is 18.2 Å². The Bertz CT molecular complexity index is 1190. The second kappa shape index (κ2) is 7.48. The van der Waals surface area contributed by atoms with Crippen molar-refractivity contribution >= 4 is 32.9 Å². The van der Waals surface area contributed by atoms with Gasteiger partial charge >= 0.3 is 5.76 Å². The molecule has 1 saturated heterocycles. The molecule has 2 aromatic heterocycles. The molecule has 0 atom stereocenters. The van der Waals surface area contributed by atoms with Gasteiger partial charge in [-0.1, -0.05) is 0 Å². The number of oxazole rings is 1. The van der Waals surface area contributed by atoms with Gasteiger partial charge in [0.1, 0.15) is 5.82 Å². The van der Waals surface area contributed by atoms with Gasteiger partial charge in [0.2, 0.25) is 16.0 Å². The number of aryl methyl sites for hydroxylation is 1. The van der Waals surface area contributed by atoms with Gasteiger partial charge in [-0.3, -0.25) is 4.98 Å². The van der Waals surface area contributed by atoms with E-state index < -0.39 is 15.8 Å². The second-order valence-corrected chi connectivity index (χ2v) is 8.72. The van der Waals surface area contributed by atoms with Crippen LogP contribution in [0.15, 0.2) is 38.4 Å². The van der Waals surface area contributed by atoms with Crippen molar-refractivity contribution in [3.8, 4) is 0 Å². The molecule has 29 heavy (non-hydrogen) atoms. The molecule has 154 valence electrons. The van der Waals surface area contributed by atoms with Crippen LogP contribution in [-0.2, 0) is 10.0 Å². The number of nitrogens with one attached hydrogen (secondary N) is 2. The molecule has 0 radical (unpaired) electrons. The molecule has 0 unspecified atom stereocenters. The first-order valence-corrected chi connectivity index (χ1v) is 10.8. The van der Waals surface area contributed by atoms with Crippen LogP contribution in [0.2, 0.25) is 0 Å². The number of hydrogen-bond acceptors (Lipinski definition) is 8. The molecule has 4 rings (SSSR count). The summed E-state index contributed by atoms with van der Waals surface area (Å²) < 4.78 is 32.4. The van der Waals surface area contributed by atoms with Crippen LogP contribution < -0.4 is 16.0 Å². The fourth-order valence-corrected chi connectivity index (χ4v) is 4.80. The number of anilines is 2. The number of nitrogens with zero attached hydrogens (tertiary/aromatic N) is 4. The zero-order valence-electron chi connectivity index (χ0n) is 16.2. The minimum absolute atomic E-state index is 0.128. The van der Waals surface area contributed by atoms with Crippen LogP contribution in [0, 0.1) is 6.92 Å². The maximum atomic E-state index is 13.0. The monoisotopic (exact) mass is 418 g/mol. The lowest BCUT2D eigenvalue weighted by Gasteiger charge is -2.34. The van der Waals surface area contributed by atoms with Crippen LogP contribution in [0.25, 0.3) is 11.1 Å². The van der Waals surface area contributed by atoms with Crippen molar-refractivity contribution in [3.63, 3.8) is 0 Å². The quantitative estimate of drug-likeness (QED) is 0.633. The fourth-order valence-electron chi connectivity index (χ4n) is 3.35. The topological polar surface area (TPSA) is 124 Å². The van der Waals surface area contributed by atoms with E-state index in [9.17, 15) is 13.2 Å². The lowest BCUT2D eigenvalue weighted by atomic mass is 10.3. The maximum absolute atomic E-state index is 13.0. The van der Waals surface area contributed by atoms with E-state index in [1.807, 2.05) is 19.9 Å². The Hall–Kier alpha value is -2.92. The van der Waals surface area contributed by atoms with E-state index in [1.54, 1.807) is 0 Å². The molecular formula is C18H22N6O4S. The Morgan fingerprint density at radius 3 is 2.66 bits per heavy atom. The van der Waals surface area contributed by atoms with E-state index in [1.165, 1.54) is 22.5 Å². The van der Waals surface area contributed by atoms with Gasteiger partial charge in [-0.15, -0.1) is 0 Å². The molecule has 1 aliphatic rings. The summed E-state index contributed by atoms with van der Waals surface area (Å²) in [5, 5.41) is 3.11. The minimum atomic E-state index is -3.68. The number of hydrogen-bond donors (Lipinski definition) is 2. The third-order valence-electron chi connectivity index (χ3n) is 4.77. The molecule has 0 saturated carbocycles. The average Bonchev–Trinajstić information content (AvgIpc) is 3.07. The Morgan fingerprint density at radius 2 is 1.93 bits per heavy atom. The molecule has 0 bridgehead atoms. The van der Waals surface area contributed by atoms with Gasteiger partial charge in [0, 0.05) is 44.5 Å². The Morgan fingerprint density at radius 1 is 1.17 bits per heavy atom. The largest absolute Gasteiger partial charge is 0.417 e. The number of benzene rings is 1. The minimum Gasteiger partial charge on any atom is -0.408 e. The molecule has 0 spiro atoms. The predicted octanol–water partition coefficient (Wildman–Crippen LogP) is 1.16. The molecule has 1 fully saturated rings. The normalized spacial score (nSPS) is 15.7. The first-order valence-electron chi connectivity index (χ1n) is 9.34. The highest BCUT2D eigenvalue weighted by atomic mass is 32.2. The van der Waals surface area contributed by atoms with Gasteiger partial charge in [-0.2, -0.15) is 9.29 Å². The molecule has 1 aliphatic heterocycles. The average molecular weight is 418 g/mol. The molecule has 1 aromatic carbocycles. The van der Waals surface area contributed by atoms with Crippen molar-refractivity contribution in [3.05, 3.63) is 40.5 Å². The number of fused-ring (bicyclic) bond motifs is 1. The summed E-state index contributed by atoms with van der Waals surface area (Å²) >= 11 is 0. The Labute approximate surface area is 167 Å². The highest BCUT2D eigenvalue weighted by Gasteiger charge is 2.29. The summed E-state index contributed by atoms with van der Waals surface area (Å²) in [5.74, 6) is 0.739. The molecule has 11 heteroatoms. The zero-order chi connectivity index (χ0) is 20.6. The van der Waals surface area contributed by atoms with E-state index in [2.05, 4.69) is 25.2 Å². The van der Waals surface area contributed by atoms with Gasteiger partial charge in [0.25, 0.3) is 0 Å². The number of H-pyrrole nitrogens is 1. The lowest BCUT2D eigenvalue weighted by molar-refractivity contribution is 0.384. The van der Waals surface area contributed by atoms with Crippen LogP contribution in [0.5, 0.6) is 0 Å². The molecule has 10 nitrogen and oxygen atoms in total. The van der Waals surface area contributed by atoms with E-state index in [-0.39, 0.29) is 4.90 Å². The number of aromatic amines is 1. The second-order valence-electron chi connectivity index (χ2n) is 6.79. The van der Waals surface area contributed by atoms with Crippen molar-refractivity contribution in [1.82, 2.24) is 19.3 Å². The summed E-state index contributed by atoms with van der Waals surface area (Å²) in [5.41, 5.74) is 1.54. The van der Waals surface area contributed by atoms with Crippen LogP contribution in [0.4, 0.5) is 11.8 Å². The van der Waals surface area contributed by atoms with Crippen LogP contribution >= 0.6 is 0 Å². The van der Waals surface area contributed by atoms with Crippen molar-refractivity contribution < 1.29 is 12.8 Å². The Kier molecular flexibility index (Phi) is 5.01. The molecule has 0 aliphatic carbocycles. The lowest BCUT2D eigenvalue weighted by Crippen LogP contribution is -2.49. The van der Waals surface area contributed by atoms with E-state index in [4.69, 9.17) is 4.42 Å². The van der Waals surface area contributed by atoms with Crippen molar-refractivity contribution in [1.29, 1.82) is 0 Å². The highest BCUT2D eigenvalue weighted by Crippen LogP contribution is 2.23. The van der Waals surface area contributed by atoms with E-state index in [0.717, 1.165) is 18.1 Å². The number of rotatable bonds is 5. The molecular weight excluding hydrogens is 396 g/mol. The van der Waals surface area contributed by atoms with Crippen molar-refractivity contribution in [2.24, 2.45) is 0 Å². The van der Waals surface area contributed by atoms with Crippen LogP contribution in [-0.4, -0.2) is 60.4 Å². The van der Waals surface area contributed by atoms with Gasteiger partial charge < -0.3 is 14.6 Å². The van der Waals surface area contributed by atoms with Gasteiger partial charge in [-0.05, 0) is 32.0 Å². The van der Waals surface area contributed by atoms with Crippen molar-refractivity contribution in [2.45, 2.75) is 18.7 Å². The van der Waals surface area contributed by atoms with Crippen molar-refractivity contribution in [2.75, 3.05) is 42.9 Å². The smallest absolute Gasteiger partial charge is 0.408 e. The van der Waals surface area contributed by atoms with E-state index in [0.29, 0.717) is 43.2 Å². The van der Waals surface area contributed by atoms with Crippen LogP contribution in [0.3, 0.4) is 0 Å². The van der Waals surface area contributed by atoms with Gasteiger partial charge in [0.05, 0.1) is 10.4 Å². The van der Waals surface area contributed by atoms with E-state index >= 15 is 0 Å². The summed E-state index contributed by atoms with van der Waals surface area (Å²) in [4.78, 5) is 24.9. The summed E-state index contributed by atoms with van der Waals surface area (Å²) in [6, 6.07) is 6.27. The van der Waals surface area contributed by atoms with Gasteiger partial charge in [0.15, 0.2) is 5.58 Å². The predicted molar refractivity (Wildman–Crippen MR) is 109 cm³/mol. The highest BCUT2D eigenvalue weighted by molar-refractivity contribution is 7.89. The number of piperazine rings is 1. The Balaban J connectivity index is 1.51. The summed E-state index contributed by atoms with van der Waals surface area (Å²) in [6.07, 6.45) is 0. The zero-order valence-corrected chi connectivity index (χ0v) is 17.0. The summed E-state index contributed by atoms with van der Waals surface area (Å²) in [6.45, 7) is 6.32. The molecule has 3 aromatic rings. The number of aromatic nitrogens is 3. The fraction of sp³-hybridized carbons (Fsp3) is 0.389. The number of sulfonamides is 1. The molecule has 0 amide bonds. The maximum Gasteiger partial charge on any atom is 0.417 e.